The number of rotatable bonds is 0. The summed E-state index contributed by atoms with van der Waals surface area (Å²) < 4.78 is 0. The zero-order valence-electron chi connectivity index (χ0n) is 4.39. The van der Waals surface area contributed by atoms with E-state index in [2.05, 4.69) is 15.7 Å². The fourth-order valence-corrected chi connectivity index (χ4v) is 0.469. The first-order valence-electron chi connectivity index (χ1n) is 2.35. The minimum atomic E-state index is 0.688. The van der Waals surface area contributed by atoms with Crippen molar-refractivity contribution < 1.29 is 0 Å². The van der Waals surface area contributed by atoms with E-state index in [-0.39, 0.29) is 0 Å². The van der Waals surface area contributed by atoms with E-state index in [1.165, 1.54) is 0 Å². The summed E-state index contributed by atoms with van der Waals surface area (Å²) in [5, 5.41) is 2.93. The second-order valence-corrected chi connectivity index (χ2v) is 1.42. The molecule has 0 saturated heterocycles. The summed E-state index contributed by atoms with van der Waals surface area (Å²) in [6.45, 7) is 0.688. The molecule has 0 aromatic carbocycles. The largest absolute Gasteiger partial charge is 0.382 e. The highest BCUT2D eigenvalue weighted by atomic mass is 15.3. The fraction of sp³-hybridized carbons (Fsp3) is 0.250. The van der Waals surface area contributed by atoms with Crippen LogP contribution >= 0.6 is 0 Å². The molecule has 1 heterocycles. The van der Waals surface area contributed by atoms with Crippen LogP contribution in [0.5, 0.6) is 0 Å². The quantitative estimate of drug-likeness (QED) is 0.276. The molecule has 0 aromatic heterocycles. The van der Waals surface area contributed by atoms with Crippen LogP contribution in [0, 0.1) is 0 Å². The van der Waals surface area contributed by atoms with Gasteiger partial charge in [0.05, 0.1) is 6.54 Å². The van der Waals surface area contributed by atoms with Gasteiger partial charge in [0, 0.05) is 12.4 Å². The predicted molar refractivity (Wildman–Crippen MR) is 31.9 cm³/mol. The van der Waals surface area contributed by atoms with Gasteiger partial charge in [-0.25, -0.2) is 10.8 Å². The van der Waals surface area contributed by atoms with Crippen LogP contribution in [0.2, 0.25) is 0 Å². The van der Waals surface area contributed by atoms with Gasteiger partial charge in [0.2, 0.25) is 0 Å². The summed E-state index contributed by atoms with van der Waals surface area (Å²) in [6, 6.07) is 0. The maximum Gasteiger partial charge on any atom is 0.135 e. The van der Waals surface area contributed by atoms with Crippen LogP contribution in [-0.2, 0) is 0 Å². The highest BCUT2D eigenvalue weighted by molar-refractivity contribution is 5.84. The molecule has 0 saturated carbocycles. The van der Waals surface area contributed by atoms with E-state index in [0.29, 0.717) is 6.54 Å². The van der Waals surface area contributed by atoms with Crippen LogP contribution in [-0.4, -0.2) is 12.4 Å². The normalized spacial score (nSPS) is 16.9. The SMILES string of the molecule is NNC1=NC=CNC1. The lowest BCUT2D eigenvalue weighted by Gasteiger charge is -2.06. The van der Waals surface area contributed by atoms with E-state index < -0.39 is 0 Å². The van der Waals surface area contributed by atoms with Crippen LogP contribution in [0.4, 0.5) is 0 Å². The number of hydrogen-bond acceptors (Lipinski definition) is 4. The van der Waals surface area contributed by atoms with Gasteiger partial charge in [-0.05, 0) is 0 Å². The van der Waals surface area contributed by atoms with Crippen LogP contribution in [0.1, 0.15) is 0 Å². The maximum absolute atomic E-state index is 5.05. The third kappa shape index (κ3) is 0.974. The number of nitrogens with one attached hydrogen (secondary N) is 2. The van der Waals surface area contributed by atoms with E-state index >= 15 is 0 Å². The smallest absolute Gasteiger partial charge is 0.135 e. The second kappa shape index (κ2) is 2.32. The Labute approximate surface area is 47.4 Å². The highest BCUT2D eigenvalue weighted by Gasteiger charge is 1.93. The Morgan fingerprint density at radius 2 is 2.75 bits per heavy atom. The van der Waals surface area contributed by atoms with Gasteiger partial charge in [0.25, 0.3) is 0 Å². The van der Waals surface area contributed by atoms with Crippen molar-refractivity contribution in [3.63, 3.8) is 0 Å². The Hall–Kier alpha value is -1.03. The molecule has 1 aliphatic rings. The van der Waals surface area contributed by atoms with Crippen molar-refractivity contribution in [2.45, 2.75) is 0 Å². The number of nitrogens with zero attached hydrogens (tertiary/aromatic N) is 1. The third-order valence-corrected chi connectivity index (χ3v) is 0.859. The van der Waals surface area contributed by atoms with Gasteiger partial charge in [0.1, 0.15) is 5.84 Å². The van der Waals surface area contributed by atoms with E-state index in [1.807, 2.05) is 0 Å². The first kappa shape index (κ1) is 5.11. The van der Waals surface area contributed by atoms with Crippen molar-refractivity contribution in [2.75, 3.05) is 6.54 Å². The van der Waals surface area contributed by atoms with E-state index in [0.717, 1.165) is 5.84 Å². The molecule has 1 rings (SSSR count). The van der Waals surface area contributed by atoms with Crippen LogP contribution in [0.25, 0.3) is 0 Å². The van der Waals surface area contributed by atoms with E-state index in [9.17, 15) is 0 Å². The molecule has 0 atom stereocenters. The monoisotopic (exact) mass is 112 g/mol. The van der Waals surface area contributed by atoms with Crippen molar-refractivity contribution >= 4 is 5.84 Å². The molecule has 0 unspecified atom stereocenters. The lowest BCUT2D eigenvalue weighted by atomic mass is 10.5. The number of hydrazine groups is 1. The molecule has 0 aromatic rings. The topological polar surface area (TPSA) is 62.4 Å². The van der Waals surface area contributed by atoms with Crippen LogP contribution < -0.4 is 16.6 Å². The van der Waals surface area contributed by atoms with Crippen molar-refractivity contribution in [2.24, 2.45) is 10.8 Å². The number of nitrogens with two attached hydrogens (primary N) is 1. The highest BCUT2D eigenvalue weighted by Crippen LogP contribution is 1.80. The first-order chi connectivity index (χ1) is 3.93. The standard InChI is InChI=1S/C4H8N4/c5-8-4-3-6-1-2-7-4/h1-2,6H,3,5H2,(H,7,8). The predicted octanol–water partition coefficient (Wildman–Crippen LogP) is -1.08. The zero-order chi connectivity index (χ0) is 5.82. The van der Waals surface area contributed by atoms with Gasteiger partial charge in [-0.15, -0.1) is 0 Å². The third-order valence-electron chi connectivity index (χ3n) is 0.859. The molecule has 0 amide bonds. The average molecular weight is 112 g/mol. The van der Waals surface area contributed by atoms with Crippen molar-refractivity contribution in [3.8, 4) is 0 Å². The molecule has 0 aliphatic carbocycles. The summed E-state index contributed by atoms with van der Waals surface area (Å²) >= 11 is 0. The minimum absolute atomic E-state index is 0.688. The Bertz CT molecular complexity index is 126. The van der Waals surface area contributed by atoms with Gasteiger partial charge in [-0.2, -0.15) is 0 Å². The zero-order valence-corrected chi connectivity index (χ0v) is 4.39. The average Bonchev–Trinajstić information content (AvgIpc) is 1.90. The molecular formula is C4H8N4. The van der Waals surface area contributed by atoms with E-state index in [1.54, 1.807) is 12.4 Å². The summed E-state index contributed by atoms with van der Waals surface area (Å²) in [5.74, 6) is 5.81. The van der Waals surface area contributed by atoms with Crippen molar-refractivity contribution in [3.05, 3.63) is 12.4 Å². The maximum atomic E-state index is 5.05. The summed E-state index contributed by atoms with van der Waals surface area (Å²) in [5.41, 5.74) is 2.44. The van der Waals surface area contributed by atoms with Crippen LogP contribution in [0.3, 0.4) is 0 Å². The van der Waals surface area contributed by atoms with E-state index in [4.69, 9.17) is 5.84 Å². The lowest BCUT2D eigenvalue weighted by Crippen LogP contribution is -2.37. The molecule has 4 heteroatoms. The van der Waals surface area contributed by atoms with Gasteiger partial charge in [-0.3, -0.25) is 0 Å². The van der Waals surface area contributed by atoms with Gasteiger partial charge >= 0.3 is 0 Å². The molecule has 44 valence electrons. The molecule has 8 heavy (non-hydrogen) atoms. The molecule has 0 bridgehead atoms. The Kier molecular flexibility index (Phi) is 1.48. The molecule has 1 aliphatic heterocycles. The summed E-state index contributed by atoms with van der Waals surface area (Å²) in [4.78, 5) is 3.89. The lowest BCUT2D eigenvalue weighted by molar-refractivity contribution is 0.905. The molecule has 0 spiro atoms. The second-order valence-electron chi connectivity index (χ2n) is 1.42. The van der Waals surface area contributed by atoms with Crippen LogP contribution in [0.15, 0.2) is 17.4 Å². The van der Waals surface area contributed by atoms with Gasteiger partial charge in [-0.1, -0.05) is 0 Å². The number of aliphatic imine (C=N–C) groups is 1. The Morgan fingerprint density at radius 3 is 3.12 bits per heavy atom. The van der Waals surface area contributed by atoms with Gasteiger partial charge < -0.3 is 10.7 Å². The molecule has 0 fully saturated rings. The van der Waals surface area contributed by atoms with Gasteiger partial charge in [0.15, 0.2) is 0 Å². The molecule has 4 nitrogen and oxygen atoms in total. The number of hydrogen-bond donors (Lipinski definition) is 3. The first-order valence-corrected chi connectivity index (χ1v) is 2.35. The molecule has 4 N–H and O–H groups in total. The number of amidine groups is 1. The summed E-state index contributed by atoms with van der Waals surface area (Å²) in [6.07, 6.45) is 3.42. The molecular weight excluding hydrogens is 104 g/mol. The minimum Gasteiger partial charge on any atom is -0.382 e. The molecule has 0 radical (unpaired) electrons. The Morgan fingerprint density at radius 1 is 1.88 bits per heavy atom. The van der Waals surface area contributed by atoms with Crippen molar-refractivity contribution in [1.82, 2.24) is 10.7 Å². The van der Waals surface area contributed by atoms with Crippen molar-refractivity contribution in [1.29, 1.82) is 0 Å². The summed E-state index contributed by atoms with van der Waals surface area (Å²) in [7, 11) is 0. The fourth-order valence-electron chi connectivity index (χ4n) is 0.469. The Balaban J connectivity index is 2.50.